The summed E-state index contributed by atoms with van der Waals surface area (Å²) in [6.07, 6.45) is 5.45. The summed E-state index contributed by atoms with van der Waals surface area (Å²) in [6, 6.07) is 0.795. The average Bonchev–Trinajstić information content (AvgIpc) is 3.37. The highest BCUT2D eigenvalue weighted by Crippen LogP contribution is 2.44. The number of anilines is 1. The molecule has 1 aromatic rings. The van der Waals surface area contributed by atoms with Gasteiger partial charge in [-0.3, -0.25) is 0 Å². The van der Waals surface area contributed by atoms with Crippen molar-refractivity contribution in [3.05, 3.63) is 10.6 Å². The van der Waals surface area contributed by atoms with Crippen LogP contribution in [0.1, 0.15) is 42.2 Å². The van der Waals surface area contributed by atoms with Gasteiger partial charge in [0.2, 0.25) is 0 Å². The van der Waals surface area contributed by atoms with Crippen molar-refractivity contribution in [2.24, 2.45) is 0 Å². The second-order valence-corrected chi connectivity index (χ2v) is 8.12. The van der Waals surface area contributed by atoms with Gasteiger partial charge in [-0.05, 0) is 25.7 Å². The Morgan fingerprint density at radius 3 is 2.63 bits per heavy atom. The third-order valence-electron chi connectivity index (χ3n) is 4.09. The fourth-order valence-electron chi connectivity index (χ4n) is 2.57. The molecule has 1 N–H and O–H groups in total. The zero-order valence-corrected chi connectivity index (χ0v) is 12.9. The van der Waals surface area contributed by atoms with Crippen molar-refractivity contribution in [3.63, 3.8) is 0 Å². The molecule has 0 aromatic carbocycles. The van der Waals surface area contributed by atoms with Gasteiger partial charge in [-0.1, -0.05) is 0 Å². The predicted octanol–water partition coefficient (Wildman–Crippen LogP) is 2.83. The summed E-state index contributed by atoms with van der Waals surface area (Å²) >= 11 is 4.02. The minimum absolute atomic E-state index is 0.778. The minimum atomic E-state index is 0.778. The minimum Gasteiger partial charge on any atom is -0.346 e. The lowest BCUT2D eigenvalue weighted by molar-refractivity contribution is 0.688. The standard InChI is InChI=1S/C14H21N3S2/c1-2-10(1)13-12(9-15-11-3-4-11)19-14(16-13)17-5-7-18-8-6-17/h10-11,15H,1-9H2. The Morgan fingerprint density at radius 2 is 1.95 bits per heavy atom. The molecule has 0 spiro atoms. The van der Waals surface area contributed by atoms with Gasteiger partial charge in [0.05, 0.1) is 5.69 Å². The Kier molecular flexibility index (Phi) is 3.46. The molecule has 2 heterocycles. The highest BCUT2D eigenvalue weighted by molar-refractivity contribution is 7.99. The predicted molar refractivity (Wildman–Crippen MR) is 83.5 cm³/mol. The third kappa shape index (κ3) is 2.93. The van der Waals surface area contributed by atoms with Crippen LogP contribution in [-0.2, 0) is 6.54 Å². The Labute approximate surface area is 123 Å². The van der Waals surface area contributed by atoms with Crippen LogP contribution in [0.15, 0.2) is 0 Å². The van der Waals surface area contributed by atoms with Crippen molar-refractivity contribution in [3.8, 4) is 0 Å². The number of thioether (sulfide) groups is 1. The SMILES string of the molecule is C1CN(c2nc(C3CC3)c(CNC3CC3)s2)CCS1. The zero-order chi connectivity index (χ0) is 12.7. The first-order chi connectivity index (χ1) is 9.40. The monoisotopic (exact) mass is 295 g/mol. The molecule has 0 radical (unpaired) electrons. The van der Waals surface area contributed by atoms with E-state index >= 15 is 0 Å². The Hall–Kier alpha value is -0.260. The highest BCUT2D eigenvalue weighted by atomic mass is 32.2. The molecule has 2 aliphatic carbocycles. The van der Waals surface area contributed by atoms with Crippen LogP contribution >= 0.6 is 23.1 Å². The molecule has 0 amide bonds. The van der Waals surface area contributed by atoms with Crippen molar-refractivity contribution in [2.45, 2.75) is 44.2 Å². The van der Waals surface area contributed by atoms with Crippen LogP contribution in [0.3, 0.4) is 0 Å². The Balaban J connectivity index is 1.51. The first-order valence-corrected chi connectivity index (χ1v) is 9.43. The lowest BCUT2D eigenvalue weighted by atomic mass is 10.2. The summed E-state index contributed by atoms with van der Waals surface area (Å²) in [5, 5.41) is 4.95. The lowest BCUT2D eigenvalue weighted by Gasteiger charge is -2.25. The highest BCUT2D eigenvalue weighted by Gasteiger charge is 2.31. The van der Waals surface area contributed by atoms with Crippen LogP contribution in [0.4, 0.5) is 5.13 Å². The lowest BCUT2D eigenvalue weighted by Crippen LogP contribution is -2.32. The van der Waals surface area contributed by atoms with E-state index in [1.807, 2.05) is 11.3 Å². The second-order valence-electron chi connectivity index (χ2n) is 5.83. The van der Waals surface area contributed by atoms with Gasteiger partial charge in [0.1, 0.15) is 0 Å². The molecule has 5 heteroatoms. The number of aromatic nitrogens is 1. The van der Waals surface area contributed by atoms with Crippen LogP contribution in [0.5, 0.6) is 0 Å². The number of hydrogen-bond donors (Lipinski definition) is 1. The van der Waals surface area contributed by atoms with Crippen LogP contribution in [0, 0.1) is 0 Å². The van der Waals surface area contributed by atoms with Crippen LogP contribution in [0.25, 0.3) is 0 Å². The molecule has 0 atom stereocenters. The van der Waals surface area contributed by atoms with Crippen molar-refractivity contribution in [2.75, 3.05) is 29.5 Å². The van der Waals surface area contributed by atoms with Crippen LogP contribution in [0.2, 0.25) is 0 Å². The largest absolute Gasteiger partial charge is 0.346 e. The molecule has 2 saturated carbocycles. The van der Waals surface area contributed by atoms with Gasteiger partial charge >= 0.3 is 0 Å². The van der Waals surface area contributed by atoms with Gasteiger partial charge in [0, 0.05) is 48.0 Å². The summed E-state index contributed by atoms with van der Waals surface area (Å²) in [5.74, 6) is 3.29. The quantitative estimate of drug-likeness (QED) is 0.904. The average molecular weight is 295 g/mol. The van der Waals surface area contributed by atoms with E-state index in [-0.39, 0.29) is 0 Å². The van der Waals surface area contributed by atoms with Gasteiger partial charge in [-0.2, -0.15) is 11.8 Å². The van der Waals surface area contributed by atoms with Crippen molar-refractivity contribution >= 4 is 28.2 Å². The molecule has 4 rings (SSSR count). The topological polar surface area (TPSA) is 28.2 Å². The molecule has 0 unspecified atom stereocenters. The van der Waals surface area contributed by atoms with Crippen LogP contribution < -0.4 is 10.2 Å². The van der Waals surface area contributed by atoms with E-state index < -0.39 is 0 Å². The van der Waals surface area contributed by atoms with E-state index in [0.29, 0.717) is 0 Å². The zero-order valence-electron chi connectivity index (χ0n) is 11.2. The van der Waals surface area contributed by atoms with Crippen molar-refractivity contribution < 1.29 is 0 Å². The molecule has 1 aliphatic heterocycles. The van der Waals surface area contributed by atoms with Gasteiger partial charge < -0.3 is 10.2 Å². The molecule has 3 fully saturated rings. The van der Waals surface area contributed by atoms with E-state index in [1.165, 1.54) is 66.0 Å². The summed E-state index contributed by atoms with van der Waals surface area (Å²) in [4.78, 5) is 9.00. The summed E-state index contributed by atoms with van der Waals surface area (Å²) in [7, 11) is 0. The normalized spacial score (nSPS) is 23.9. The smallest absolute Gasteiger partial charge is 0.185 e. The summed E-state index contributed by atoms with van der Waals surface area (Å²) < 4.78 is 0. The van der Waals surface area contributed by atoms with E-state index in [0.717, 1.165) is 18.5 Å². The molecule has 1 aromatic heterocycles. The Bertz CT molecular complexity index is 446. The van der Waals surface area contributed by atoms with Gasteiger partial charge in [-0.15, -0.1) is 11.3 Å². The molecular weight excluding hydrogens is 274 g/mol. The van der Waals surface area contributed by atoms with E-state index in [1.54, 1.807) is 0 Å². The molecule has 19 heavy (non-hydrogen) atoms. The number of hydrogen-bond acceptors (Lipinski definition) is 5. The number of thiazole rings is 1. The van der Waals surface area contributed by atoms with Gasteiger partial charge in [0.15, 0.2) is 5.13 Å². The first kappa shape index (κ1) is 12.5. The van der Waals surface area contributed by atoms with Gasteiger partial charge in [0.25, 0.3) is 0 Å². The fraction of sp³-hybridized carbons (Fsp3) is 0.786. The summed E-state index contributed by atoms with van der Waals surface area (Å²) in [5.41, 5.74) is 1.42. The molecule has 104 valence electrons. The molecule has 0 bridgehead atoms. The van der Waals surface area contributed by atoms with Crippen molar-refractivity contribution in [1.29, 1.82) is 0 Å². The number of nitrogens with zero attached hydrogens (tertiary/aromatic N) is 2. The van der Waals surface area contributed by atoms with E-state index in [9.17, 15) is 0 Å². The van der Waals surface area contributed by atoms with E-state index in [2.05, 4.69) is 22.0 Å². The third-order valence-corrected chi connectivity index (χ3v) is 6.17. The second kappa shape index (κ2) is 5.26. The van der Waals surface area contributed by atoms with Crippen molar-refractivity contribution in [1.82, 2.24) is 10.3 Å². The number of nitrogens with one attached hydrogen (secondary N) is 1. The first-order valence-electron chi connectivity index (χ1n) is 7.46. The maximum atomic E-state index is 4.99. The molecule has 3 aliphatic rings. The molecule has 3 nitrogen and oxygen atoms in total. The van der Waals surface area contributed by atoms with E-state index in [4.69, 9.17) is 4.98 Å². The van der Waals surface area contributed by atoms with Crippen LogP contribution in [-0.4, -0.2) is 35.6 Å². The molecular formula is C14H21N3S2. The number of rotatable bonds is 5. The molecule has 1 saturated heterocycles. The fourth-order valence-corrected chi connectivity index (χ4v) is 4.62. The Morgan fingerprint density at radius 1 is 1.16 bits per heavy atom. The maximum Gasteiger partial charge on any atom is 0.185 e. The maximum absolute atomic E-state index is 4.99. The summed E-state index contributed by atoms with van der Waals surface area (Å²) in [6.45, 7) is 3.41. The van der Waals surface area contributed by atoms with Gasteiger partial charge in [-0.25, -0.2) is 4.98 Å².